The predicted octanol–water partition coefficient (Wildman–Crippen LogP) is 9.21. The molecule has 0 aromatic heterocycles. The summed E-state index contributed by atoms with van der Waals surface area (Å²) >= 11 is 0. The van der Waals surface area contributed by atoms with Crippen molar-refractivity contribution in [2.45, 2.75) is 92.1 Å². The highest BCUT2D eigenvalue weighted by atomic mass is 16.8. The van der Waals surface area contributed by atoms with Gasteiger partial charge in [-0.3, -0.25) is 0 Å². The zero-order valence-corrected chi connectivity index (χ0v) is 56.0. The van der Waals surface area contributed by atoms with Crippen molar-refractivity contribution in [3.63, 3.8) is 0 Å². The Bertz CT molecular complexity index is 4430. The molecule has 2 N–H and O–H groups in total. The van der Waals surface area contributed by atoms with E-state index in [2.05, 4.69) is 0 Å². The van der Waals surface area contributed by atoms with Crippen molar-refractivity contribution < 1.29 is 120 Å². The van der Waals surface area contributed by atoms with Gasteiger partial charge in [-0.25, -0.2) is 43.2 Å². The Labute approximate surface area is 605 Å². The first-order valence-corrected chi connectivity index (χ1v) is 33.5. The third kappa shape index (κ3) is 18.5. The molecule has 9 aromatic carbocycles. The van der Waals surface area contributed by atoms with Crippen LogP contribution in [0.3, 0.4) is 0 Å². The summed E-state index contributed by atoms with van der Waals surface area (Å²) in [7, 11) is 0. The summed E-state index contributed by atoms with van der Waals surface area (Å²) in [6, 6.07) is 68.3. The average Bonchev–Trinajstić information content (AvgIpc) is 0.797. The topological polar surface area (TPSA) is 323 Å². The van der Waals surface area contributed by atoms with E-state index in [1.165, 1.54) is 133 Å². The van der Waals surface area contributed by atoms with Crippen molar-refractivity contribution in [1.29, 1.82) is 0 Å². The quantitative estimate of drug-likeness (QED) is 0.0397. The summed E-state index contributed by atoms with van der Waals surface area (Å²) in [6.45, 7) is -2.65. The summed E-state index contributed by atoms with van der Waals surface area (Å²) < 4.78 is 87.7. The van der Waals surface area contributed by atoms with Crippen LogP contribution in [0.15, 0.2) is 273 Å². The molecule has 542 valence electrons. The number of benzene rings is 9. The van der Waals surface area contributed by atoms with Gasteiger partial charge in [-0.2, -0.15) is 0 Å². The third-order valence-electron chi connectivity index (χ3n) is 17.1. The fourth-order valence-electron chi connectivity index (χ4n) is 11.7. The standard InChI is InChI=1S/C81H68O25/c82-61-65(102-74(87)53-36-18-5-19-37-53)62(99-71(84)50-30-12-2-13-31-50)60(97-80(61)94-47-58-63(100-72(85)51-32-14-3-15-33-51)66(103-75(88)54-38-20-6-21-39-54)68(79(92)96-58)105-77(90)56-42-24-8-25-43-56)48-95-81-69(106-78(91)57-44-26-9-27-45-57)67(104-76(89)55-40-22-7-23-41-55)64(101-73(86)52-34-16-4-17-35-52)59(98-81)46-93-70(83)49-28-10-1-11-29-49/h1-45,58-69,79-82,92H,46-48H2/t58-,59-,60-,61-,62+,63+,64+,65-,66+,67+,68-,69-,79-,80-,81-/m1/s1. The largest absolute Gasteiger partial charge is 0.459 e. The van der Waals surface area contributed by atoms with E-state index in [1.807, 2.05) is 0 Å². The van der Waals surface area contributed by atoms with Crippen LogP contribution in [0, 0.1) is 0 Å². The van der Waals surface area contributed by atoms with Crippen LogP contribution in [0.5, 0.6) is 0 Å². The molecular weight excluding hydrogens is 1370 g/mol. The van der Waals surface area contributed by atoms with Crippen molar-refractivity contribution in [1.82, 2.24) is 0 Å². The van der Waals surface area contributed by atoms with Gasteiger partial charge in [0, 0.05) is 0 Å². The van der Waals surface area contributed by atoms with E-state index in [0.29, 0.717) is 0 Å². The second kappa shape index (κ2) is 35.4. The molecule has 9 aromatic rings. The Hall–Kier alpha value is -12.1. The van der Waals surface area contributed by atoms with Gasteiger partial charge in [0.25, 0.3) is 0 Å². The SMILES string of the molecule is O=C(OC[C@H]1O[C@@H](OC[C@H]2O[C@@H](OC[C@H]3O[C@@H](O)[C@H](OC(=O)c4ccccc4)[C@@H](OC(=O)c4ccccc4)[C@H]3OC(=O)c3ccccc3)[C@H](O)[C@@H](OC(=O)c3ccccc3)[C@H]2OC(=O)c2ccccc2)[C@H](OC(=O)c2ccccc2)[C@@H](OC(=O)c2ccccc2)[C@H]1OC(=O)c1ccccc1)c1ccccc1. The van der Waals surface area contributed by atoms with Crippen molar-refractivity contribution >= 4 is 53.7 Å². The molecule has 25 nitrogen and oxygen atoms in total. The van der Waals surface area contributed by atoms with E-state index in [1.54, 1.807) is 140 Å². The Morgan fingerprint density at radius 3 is 0.774 bits per heavy atom. The van der Waals surface area contributed by atoms with Gasteiger partial charge in [-0.1, -0.05) is 164 Å². The number of aliphatic hydroxyl groups excluding tert-OH is 2. The van der Waals surface area contributed by atoms with E-state index in [9.17, 15) is 53.4 Å². The summed E-state index contributed by atoms with van der Waals surface area (Å²) in [5.41, 5.74) is -0.0899. The average molecular weight is 1440 g/mol. The second-order valence-corrected chi connectivity index (χ2v) is 24.2. The molecule has 25 heteroatoms. The second-order valence-electron chi connectivity index (χ2n) is 24.2. The molecule has 3 aliphatic heterocycles. The molecule has 0 saturated carbocycles. The van der Waals surface area contributed by atoms with E-state index in [4.69, 9.17) is 66.3 Å². The maximum absolute atomic E-state index is 14.6. The van der Waals surface area contributed by atoms with Crippen molar-refractivity contribution in [3.05, 3.63) is 323 Å². The Kier molecular flexibility index (Phi) is 24.6. The summed E-state index contributed by atoms with van der Waals surface area (Å²) in [6.07, 6.45) is -29.4. The Morgan fingerprint density at radius 1 is 0.236 bits per heavy atom. The molecule has 0 bridgehead atoms. The fraction of sp³-hybridized carbons (Fsp3) is 0.222. The number of rotatable bonds is 25. The summed E-state index contributed by atoms with van der Waals surface area (Å²) in [5, 5.41) is 24.8. The Balaban J connectivity index is 0.939. The number of esters is 9. The summed E-state index contributed by atoms with van der Waals surface area (Å²) in [4.78, 5) is 129. The highest BCUT2D eigenvalue weighted by Gasteiger charge is 2.57. The number of carbonyl (C=O) groups is 9. The number of ether oxygens (including phenoxy) is 14. The minimum absolute atomic E-state index is 0.00568. The van der Waals surface area contributed by atoms with Crippen molar-refractivity contribution in [2.24, 2.45) is 0 Å². The van der Waals surface area contributed by atoms with Crippen molar-refractivity contribution in [2.75, 3.05) is 19.8 Å². The maximum atomic E-state index is 14.6. The molecular formula is C81H68O25. The van der Waals surface area contributed by atoms with Gasteiger partial charge in [0.05, 0.1) is 63.3 Å². The van der Waals surface area contributed by atoms with E-state index in [-0.39, 0.29) is 50.1 Å². The van der Waals surface area contributed by atoms with E-state index < -0.39 is 166 Å². The number of aliphatic hydroxyl groups is 2. The van der Waals surface area contributed by atoms with Crippen LogP contribution in [-0.2, 0) is 66.3 Å². The first-order chi connectivity index (χ1) is 51.6. The third-order valence-corrected chi connectivity index (χ3v) is 17.1. The first-order valence-electron chi connectivity index (χ1n) is 33.5. The van der Waals surface area contributed by atoms with E-state index >= 15 is 0 Å². The lowest BCUT2D eigenvalue weighted by molar-refractivity contribution is -0.337. The zero-order chi connectivity index (χ0) is 73.9. The van der Waals surface area contributed by atoms with Crippen LogP contribution in [0.4, 0.5) is 0 Å². The molecule has 0 aliphatic carbocycles. The van der Waals surface area contributed by atoms with Gasteiger partial charge in [-0.15, -0.1) is 0 Å². The molecule has 0 amide bonds. The van der Waals surface area contributed by atoms with Crippen LogP contribution < -0.4 is 0 Å². The van der Waals surface area contributed by atoms with Crippen LogP contribution in [0.25, 0.3) is 0 Å². The molecule has 12 rings (SSSR count). The minimum atomic E-state index is -2.21. The summed E-state index contributed by atoms with van der Waals surface area (Å²) in [5.74, 6) is -9.18. The van der Waals surface area contributed by atoms with E-state index in [0.717, 1.165) is 0 Å². The fourth-order valence-corrected chi connectivity index (χ4v) is 11.7. The lowest BCUT2D eigenvalue weighted by Gasteiger charge is -2.46. The van der Waals surface area contributed by atoms with Crippen LogP contribution >= 0.6 is 0 Å². The molecule has 0 radical (unpaired) electrons. The lowest BCUT2D eigenvalue weighted by Crippen LogP contribution is -2.65. The van der Waals surface area contributed by atoms with Gasteiger partial charge < -0.3 is 76.5 Å². The van der Waals surface area contributed by atoms with Gasteiger partial charge in [-0.05, 0) is 109 Å². The monoisotopic (exact) mass is 1440 g/mol. The van der Waals surface area contributed by atoms with Gasteiger partial charge in [0.15, 0.2) is 67.7 Å². The normalized spacial score (nSPS) is 23.9. The maximum Gasteiger partial charge on any atom is 0.338 e. The van der Waals surface area contributed by atoms with Crippen LogP contribution in [-0.4, -0.2) is 176 Å². The van der Waals surface area contributed by atoms with Gasteiger partial charge in [0.1, 0.15) is 31.0 Å². The van der Waals surface area contributed by atoms with Crippen LogP contribution in [0.1, 0.15) is 93.2 Å². The van der Waals surface area contributed by atoms with Crippen molar-refractivity contribution in [3.8, 4) is 0 Å². The number of hydrogen-bond acceptors (Lipinski definition) is 25. The molecule has 15 atom stereocenters. The predicted molar refractivity (Wildman–Crippen MR) is 368 cm³/mol. The number of hydrogen-bond donors (Lipinski definition) is 2. The Morgan fingerprint density at radius 2 is 0.453 bits per heavy atom. The van der Waals surface area contributed by atoms with Gasteiger partial charge >= 0.3 is 53.7 Å². The minimum Gasteiger partial charge on any atom is -0.459 e. The molecule has 0 unspecified atom stereocenters. The molecule has 3 fully saturated rings. The molecule has 3 heterocycles. The molecule has 106 heavy (non-hydrogen) atoms. The highest BCUT2D eigenvalue weighted by molar-refractivity contribution is 5.94. The van der Waals surface area contributed by atoms with Crippen LogP contribution in [0.2, 0.25) is 0 Å². The number of carbonyl (C=O) groups excluding carboxylic acids is 9. The smallest absolute Gasteiger partial charge is 0.338 e. The molecule has 0 spiro atoms. The molecule has 3 aliphatic rings. The highest BCUT2D eigenvalue weighted by Crippen LogP contribution is 2.37. The molecule has 3 saturated heterocycles. The first kappa shape index (κ1) is 73.7. The lowest BCUT2D eigenvalue weighted by atomic mass is 9.96. The van der Waals surface area contributed by atoms with Gasteiger partial charge in [0.2, 0.25) is 0 Å². The zero-order valence-electron chi connectivity index (χ0n) is 56.0.